The summed E-state index contributed by atoms with van der Waals surface area (Å²) in [7, 11) is 0. The molecule has 3 nitrogen and oxygen atoms in total. The number of thioether (sulfide) groups is 1. The number of nitrogens with zero attached hydrogens (tertiary/aromatic N) is 1. The fraction of sp³-hybridized carbons (Fsp3) is 0.200. The van der Waals surface area contributed by atoms with Crippen molar-refractivity contribution < 1.29 is 4.79 Å². The molecule has 0 radical (unpaired) electrons. The molecule has 0 saturated carbocycles. The van der Waals surface area contributed by atoms with E-state index < -0.39 is 0 Å². The standard InChI is InChI=1S/C15H16N2OS/c1-12(18)17-14-5-7-15(8-6-14)19-11-9-13-4-2-3-10-16-13/h2-8,10H,9,11H2,1H3,(H,17,18). The Kier molecular flexibility index (Phi) is 4.98. The molecule has 0 aliphatic rings. The molecule has 98 valence electrons. The smallest absolute Gasteiger partial charge is 0.221 e. The maximum absolute atomic E-state index is 10.9. The summed E-state index contributed by atoms with van der Waals surface area (Å²) in [5.74, 6) is 0.951. The van der Waals surface area contributed by atoms with Gasteiger partial charge in [-0.25, -0.2) is 0 Å². The van der Waals surface area contributed by atoms with E-state index in [4.69, 9.17) is 0 Å². The summed E-state index contributed by atoms with van der Waals surface area (Å²) in [4.78, 5) is 16.4. The van der Waals surface area contributed by atoms with Crippen LogP contribution in [0.15, 0.2) is 53.6 Å². The minimum atomic E-state index is -0.0458. The van der Waals surface area contributed by atoms with Gasteiger partial charge in [0.2, 0.25) is 5.91 Å². The van der Waals surface area contributed by atoms with Crippen LogP contribution in [-0.2, 0) is 11.2 Å². The third-order valence-corrected chi connectivity index (χ3v) is 3.54. The number of pyridine rings is 1. The molecule has 1 aromatic heterocycles. The average Bonchev–Trinajstić information content (AvgIpc) is 2.41. The molecule has 0 aliphatic heterocycles. The molecular weight excluding hydrogens is 256 g/mol. The number of benzene rings is 1. The topological polar surface area (TPSA) is 42.0 Å². The minimum Gasteiger partial charge on any atom is -0.326 e. The van der Waals surface area contributed by atoms with Crippen LogP contribution < -0.4 is 5.32 Å². The number of amides is 1. The number of hydrogen-bond donors (Lipinski definition) is 1. The van der Waals surface area contributed by atoms with E-state index in [-0.39, 0.29) is 5.91 Å². The highest BCUT2D eigenvalue weighted by atomic mass is 32.2. The van der Waals surface area contributed by atoms with Gasteiger partial charge >= 0.3 is 0 Å². The van der Waals surface area contributed by atoms with Gasteiger partial charge in [0.15, 0.2) is 0 Å². The summed E-state index contributed by atoms with van der Waals surface area (Å²) in [5.41, 5.74) is 1.95. The number of hydrogen-bond acceptors (Lipinski definition) is 3. The molecular formula is C15H16N2OS. The van der Waals surface area contributed by atoms with Crippen LogP contribution in [0.3, 0.4) is 0 Å². The van der Waals surface area contributed by atoms with Gasteiger partial charge in [0.05, 0.1) is 0 Å². The van der Waals surface area contributed by atoms with Gasteiger partial charge in [0, 0.05) is 35.2 Å². The van der Waals surface area contributed by atoms with Crippen molar-refractivity contribution in [3.8, 4) is 0 Å². The largest absolute Gasteiger partial charge is 0.326 e. The number of rotatable bonds is 5. The lowest BCUT2D eigenvalue weighted by Gasteiger charge is -2.04. The molecule has 0 spiro atoms. The second-order valence-electron chi connectivity index (χ2n) is 4.13. The highest BCUT2D eigenvalue weighted by molar-refractivity contribution is 7.99. The summed E-state index contributed by atoms with van der Waals surface area (Å²) in [5, 5.41) is 2.76. The van der Waals surface area contributed by atoms with Crippen LogP contribution in [0, 0.1) is 0 Å². The zero-order valence-electron chi connectivity index (χ0n) is 10.8. The molecule has 0 saturated heterocycles. The fourth-order valence-corrected chi connectivity index (χ4v) is 2.53. The van der Waals surface area contributed by atoms with Gasteiger partial charge in [-0.1, -0.05) is 6.07 Å². The van der Waals surface area contributed by atoms with Crippen LogP contribution in [0.1, 0.15) is 12.6 Å². The van der Waals surface area contributed by atoms with Gasteiger partial charge < -0.3 is 5.32 Å². The zero-order chi connectivity index (χ0) is 13.5. The Morgan fingerprint density at radius 3 is 2.63 bits per heavy atom. The summed E-state index contributed by atoms with van der Waals surface area (Å²) < 4.78 is 0. The van der Waals surface area contributed by atoms with Crippen LogP contribution in [0.2, 0.25) is 0 Å². The van der Waals surface area contributed by atoms with Crippen molar-refractivity contribution in [2.45, 2.75) is 18.2 Å². The quantitative estimate of drug-likeness (QED) is 0.848. The van der Waals surface area contributed by atoms with Crippen molar-refractivity contribution in [1.29, 1.82) is 0 Å². The van der Waals surface area contributed by atoms with Gasteiger partial charge in [-0.15, -0.1) is 11.8 Å². The maximum atomic E-state index is 10.9. The van der Waals surface area contributed by atoms with Crippen LogP contribution in [-0.4, -0.2) is 16.6 Å². The molecule has 19 heavy (non-hydrogen) atoms. The Morgan fingerprint density at radius 2 is 2.00 bits per heavy atom. The molecule has 0 atom stereocenters. The molecule has 0 bridgehead atoms. The summed E-state index contributed by atoms with van der Waals surface area (Å²) in [6, 6.07) is 13.9. The van der Waals surface area contributed by atoms with Gasteiger partial charge in [-0.2, -0.15) is 0 Å². The first kappa shape index (κ1) is 13.6. The van der Waals surface area contributed by atoms with Crippen molar-refractivity contribution in [3.05, 3.63) is 54.4 Å². The molecule has 1 N–H and O–H groups in total. The predicted molar refractivity (Wildman–Crippen MR) is 79.4 cm³/mol. The lowest BCUT2D eigenvalue weighted by Crippen LogP contribution is -2.05. The molecule has 1 heterocycles. The molecule has 1 amide bonds. The first-order chi connectivity index (χ1) is 9.24. The molecule has 2 aromatic rings. The third kappa shape index (κ3) is 4.75. The molecule has 0 unspecified atom stereocenters. The van der Waals surface area contributed by atoms with Gasteiger partial charge in [-0.3, -0.25) is 9.78 Å². The van der Waals surface area contributed by atoms with E-state index in [0.29, 0.717) is 0 Å². The summed E-state index contributed by atoms with van der Waals surface area (Å²) >= 11 is 1.79. The molecule has 4 heteroatoms. The van der Waals surface area contributed by atoms with E-state index >= 15 is 0 Å². The molecule has 1 aromatic carbocycles. The highest BCUT2D eigenvalue weighted by Crippen LogP contribution is 2.21. The van der Waals surface area contributed by atoms with Gasteiger partial charge in [-0.05, 0) is 42.8 Å². The fourth-order valence-electron chi connectivity index (χ4n) is 1.66. The first-order valence-electron chi connectivity index (χ1n) is 6.14. The molecule has 0 aliphatic carbocycles. The number of carbonyl (C=O) groups excluding carboxylic acids is 1. The van der Waals surface area contributed by atoms with Crippen LogP contribution in [0.25, 0.3) is 0 Å². The van der Waals surface area contributed by atoms with E-state index in [2.05, 4.69) is 10.3 Å². The third-order valence-electron chi connectivity index (χ3n) is 2.53. The van der Waals surface area contributed by atoms with Crippen LogP contribution in [0.4, 0.5) is 5.69 Å². The van der Waals surface area contributed by atoms with Crippen molar-refractivity contribution in [2.75, 3.05) is 11.1 Å². The van der Waals surface area contributed by atoms with E-state index in [9.17, 15) is 4.79 Å². The monoisotopic (exact) mass is 272 g/mol. The minimum absolute atomic E-state index is 0.0458. The Balaban J connectivity index is 1.81. The van der Waals surface area contributed by atoms with Crippen molar-refractivity contribution >= 4 is 23.4 Å². The Morgan fingerprint density at radius 1 is 1.21 bits per heavy atom. The van der Waals surface area contributed by atoms with E-state index in [1.54, 1.807) is 11.8 Å². The van der Waals surface area contributed by atoms with E-state index in [1.807, 2.05) is 48.7 Å². The van der Waals surface area contributed by atoms with Gasteiger partial charge in [0.1, 0.15) is 0 Å². The number of aryl methyl sites for hydroxylation is 1. The van der Waals surface area contributed by atoms with Crippen molar-refractivity contribution in [2.24, 2.45) is 0 Å². The highest BCUT2D eigenvalue weighted by Gasteiger charge is 1.98. The second kappa shape index (κ2) is 6.95. The second-order valence-corrected chi connectivity index (χ2v) is 5.29. The summed E-state index contributed by atoms with van der Waals surface area (Å²) in [6.45, 7) is 1.51. The van der Waals surface area contributed by atoms with Crippen LogP contribution in [0.5, 0.6) is 0 Å². The van der Waals surface area contributed by atoms with E-state index in [0.717, 1.165) is 23.6 Å². The van der Waals surface area contributed by atoms with E-state index in [1.165, 1.54) is 11.8 Å². The Bertz CT molecular complexity index is 526. The van der Waals surface area contributed by atoms with Crippen molar-refractivity contribution in [1.82, 2.24) is 4.98 Å². The lowest BCUT2D eigenvalue weighted by molar-refractivity contribution is -0.114. The Hall–Kier alpha value is -1.81. The lowest BCUT2D eigenvalue weighted by atomic mass is 10.3. The molecule has 2 rings (SSSR count). The molecule has 0 fully saturated rings. The van der Waals surface area contributed by atoms with Gasteiger partial charge in [0.25, 0.3) is 0 Å². The van der Waals surface area contributed by atoms with Crippen LogP contribution >= 0.6 is 11.8 Å². The average molecular weight is 272 g/mol. The number of anilines is 1. The maximum Gasteiger partial charge on any atom is 0.221 e. The normalized spacial score (nSPS) is 10.2. The number of carbonyl (C=O) groups is 1. The Labute approximate surface area is 117 Å². The number of nitrogens with one attached hydrogen (secondary N) is 1. The summed E-state index contributed by atoms with van der Waals surface area (Å²) in [6.07, 6.45) is 2.78. The first-order valence-corrected chi connectivity index (χ1v) is 7.13. The zero-order valence-corrected chi connectivity index (χ0v) is 11.6. The predicted octanol–water partition coefficient (Wildman–Crippen LogP) is 3.37. The van der Waals surface area contributed by atoms with Crippen molar-refractivity contribution in [3.63, 3.8) is 0 Å². The SMILES string of the molecule is CC(=O)Nc1ccc(SCCc2ccccn2)cc1. The number of aromatic nitrogens is 1.